The molecule has 0 saturated heterocycles. The summed E-state index contributed by atoms with van der Waals surface area (Å²) in [5, 5.41) is 19.3. The van der Waals surface area contributed by atoms with Gasteiger partial charge in [-0.1, -0.05) is 48.5 Å². The van der Waals surface area contributed by atoms with Crippen LogP contribution in [0, 0.1) is 5.92 Å². The molecule has 23 heavy (non-hydrogen) atoms. The molecule has 0 aromatic heterocycles. The molecule has 0 aliphatic carbocycles. The number of aromatic hydroxyl groups is 1. The minimum absolute atomic E-state index is 0.118. The predicted octanol–water partition coefficient (Wildman–Crippen LogP) is 5.12. The summed E-state index contributed by atoms with van der Waals surface area (Å²) in [6.07, 6.45) is 0.652. The first-order valence-electron chi connectivity index (χ1n) is 8.76. The second kappa shape index (κ2) is 8.20. The lowest BCUT2D eigenvalue weighted by Gasteiger charge is -2.42. The van der Waals surface area contributed by atoms with Gasteiger partial charge in [0.05, 0.1) is 0 Å². The van der Waals surface area contributed by atoms with Gasteiger partial charge in [0.1, 0.15) is 11.5 Å². The molecule has 1 rings (SSSR count). The van der Waals surface area contributed by atoms with Crippen LogP contribution >= 0.6 is 0 Å². The van der Waals surface area contributed by atoms with E-state index in [-0.39, 0.29) is 18.3 Å². The van der Waals surface area contributed by atoms with Crippen LogP contribution in [-0.2, 0) is 6.42 Å². The molecule has 2 N–H and O–H groups in total. The molecule has 0 amide bonds. The highest BCUT2D eigenvalue weighted by atomic mass is 28.4. The van der Waals surface area contributed by atoms with Crippen molar-refractivity contribution in [1.82, 2.24) is 0 Å². The van der Waals surface area contributed by atoms with Gasteiger partial charge >= 0.3 is 0 Å². The van der Waals surface area contributed by atoms with Gasteiger partial charge in [0, 0.05) is 6.61 Å². The van der Waals surface area contributed by atoms with E-state index < -0.39 is 8.32 Å². The Morgan fingerprint density at radius 2 is 1.48 bits per heavy atom. The Labute approximate surface area is 142 Å². The minimum atomic E-state index is -1.99. The van der Waals surface area contributed by atoms with Crippen molar-refractivity contribution >= 4 is 8.32 Å². The summed E-state index contributed by atoms with van der Waals surface area (Å²) < 4.78 is 6.66. The fourth-order valence-electron chi connectivity index (χ4n) is 3.79. The van der Waals surface area contributed by atoms with Crippen molar-refractivity contribution in [1.29, 1.82) is 0 Å². The van der Waals surface area contributed by atoms with Crippen LogP contribution in [0.25, 0.3) is 0 Å². The van der Waals surface area contributed by atoms with Gasteiger partial charge in [-0.25, -0.2) is 0 Å². The standard InChI is InChI=1S/C19H34O3Si/c1-13(2)23(14(3)4,15(5)6)22-18-8-9-19(21)17(11-18)10-16(7)12-20/h8-9,11,13-16,20-21H,10,12H2,1-7H3/t16-/m1/s1. The Bertz CT molecular complexity index is 476. The van der Waals surface area contributed by atoms with E-state index in [2.05, 4.69) is 41.5 Å². The lowest BCUT2D eigenvalue weighted by atomic mass is 10.0. The Morgan fingerprint density at radius 1 is 0.957 bits per heavy atom. The fraction of sp³-hybridized carbons (Fsp3) is 0.684. The van der Waals surface area contributed by atoms with Crippen LogP contribution in [0.2, 0.25) is 16.6 Å². The van der Waals surface area contributed by atoms with Crippen LogP contribution in [0.4, 0.5) is 0 Å². The van der Waals surface area contributed by atoms with Crippen molar-refractivity contribution in [2.75, 3.05) is 6.61 Å². The quantitative estimate of drug-likeness (QED) is 0.647. The number of aliphatic hydroxyl groups is 1. The van der Waals surface area contributed by atoms with Crippen molar-refractivity contribution in [3.63, 3.8) is 0 Å². The van der Waals surface area contributed by atoms with Gasteiger partial charge < -0.3 is 14.6 Å². The number of hydrogen-bond donors (Lipinski definition) is 2. The summed E-state index contributed by atoms with van der Waals surface area (Å²) in [5.74, 6) is 1.26. The van der Waals surface area contributed by atoms with Crippen molar-refractivity contribution in [2.24, 2.45) is 5.92 Å². The molecule has 1 aromatic rings. The molecule has 0 heterocycles. The number of phenolic OH excluding ortho intramolecular Hbond substituents is 1. The van der Waals surface area contributed by atoms with Crippen molar-refractivity contribution in [2.45, 2.75) is 71.5 Å². The van der Waals surface area contributed by atoms with Crippen LogP contribution in [0.5, 0.6) is 11.5 Å². The maximum atomic E-state index is 10.1. The van der Waals surface area contributed by atoms with Gasteiger partial charge in [-0.2, -0.15) is 0 Å². The summed E-state index contributed by atoms with van der Waals surface area (Å²) in [7, 11) is -1.99. The van der Waals surface area contributed by atoms with Crippen LogP contribution in [0.15, 0.2) is 18.2 Å². The van der Waals surface area contributed by atoms with Gasteiger partial charge in [0.25, 0.3) is 8.32 Å². The number of aliphatic hydroxyl groups excluding tert-OH is 1. The van der Waals surface area contributed by atoms with E-state index in [1.807, 2.05) is 19.1 Å². The van der Waals surface area contributed by atoms with Crippen LogP contribution in [-0.4, -0.2) is 25.1 Å². The predicted molar refractivity (Wildman–Crippen MR) is 99.7 cm³/mol. The van der Waals surface area contributed by atoms with Gasteiger partial charge in [-0.3, -0.25) is 0 Å². The van der Waals surface area contributed by atoms with Gasteiger partial charge in [0.2, 0.25) is 0 Å². The molecule has 0 aliphatic rings. The second-order valence-electron chi connectivity index (χ2n) is 7.70. The number of benzene rings is 1. The molecule has 132 valence electrons. The Morgan fingerprint density at radius 3 is 1.91 bits per heavy atom. The molecule has 3 nitrogen and oxygen atoms in total. The zero-order chi connectivity index (χ0) is 17.8. The highest BCUT2D eigenvalue weighted by Crippen LogP contribution is 2.43. The fourth-order valence-corrected chi connectivity index (χ4v) is 9.03. The summed E-state index contributed by atoms with van der Waals surface area (Å²) in [6.45, 7) is 15.7. The topological polar surface area (TPSA) is 49.7 Å². The van der Waals surface area contributed by atoms with Crippen molar-refractivity contribution < 1.29 is 14.6 Å². The average Bonchev–Trinajstić information content (AvgIpc) is 2.46. The van der Waals surface area contributed by atoms with Crippen LogP contribution < -0.4 is 4.43 Å². The van der Waals surface area contributed by atoms with Gasteiger partial charge in [0.15, 0.2) is 0 Å². The lowest BCUT2D eigenvalue weighted by Crippen LogP contribution is -2.50. The summed E-state index contributed by atoms with van der Waals surface area (Å²) in [4.78, 5) is 0. The van der Waals surface area contributed by atoms with Crippen LogP contribution in [0.3, 0.4) is 0 Å². The monoisotopic (exact) mass is 338 g/mol. The molecule has 4 heteroatoms. The zero-order valence-corrected chi connectivity index (χ0v) is 16.8. The van der Waals surface area contributed by atoms with E-state index in [0.29, 0.717) is 23.0 Å². The van der Waals surface area contributed by atoms with Crippen LogP contribution in [0.1, 0.15) is 54.0 Å². The van der Waals surface area contributed by atoms with E-state index in [9.17, 15) is 10.2 Å². The Hall–Kier alpha value is -1.00. The molecule has 1 atom stereocenters. The van der Waals surface area contributed by atoms with Gasteiger partial charge in [-0.15, -0.1) is 0 Å². The highest BCUT2D eigenvalue weighted by Gasteiger charge is 2.47. The van der Waals surface area contributed by atoms with E-state index in [1.54, 1.807) is 6.07 Å². The summed E-state index contributed by atoms with van der Waals surface area (Å²) in [6, 6.07) is 5.54. The third kappa shape index (κ3) is 4.51. The average molecular weight is 339 g/mol. The van der Waals surface area contributed by atoms with E-state index in [1.165, 1.54) is 0 Å². The first-order valence-corrected chi connectivity index (χ1v) is 10.9. The molecule has 0 spiro atoms. The van der Waals surface area contributed by atoms with E-state index in [0.717, 1.165) is 11.3 Å². The third-order valence-corrected chi connectivity index (χ3v) is 10.9. The molecular formula is C19H34O3Si. The van der Waals surface area contributed by atoms with E-state index >= 15 is 0 Å². The van der Waals surface area contributed by atoms with Crippen molar-refractivity contribution in [3.8, 4) is 11.5 Å². The van der Waals surface area contributed by atoms with Gasteiger partial charge in [-0.05, 0) is 52.7 Å². The third-order valence-electron chi connectivity index (χ3n) is 4.93. The SMILES string of the molecule is CC(C)[Si](Oc1ccc(O)c(C[C@@H](C)CO)c1)(C(C)C)C(C)C. The van der Waals surface area contributed by atoms with E-state index in [4.69, 9.17) is 4.43 Å². The molecular weight excluding hydrogens is 304 g/mol. The Kier molecular flexibility index (Phi) is 7.15. The first-order chi connectivity index (χ1) is 10.6. The summed E-state index contributed by atoms with van der Waals surface area (Å²) >= 11 is 0. The molecule has 0 fully saturated rings. The summed E-state index contributed by atoms with van der Waals surface area (Å²) in [5.41, 5.74) is 2.38. The molecule has 0 radical (unpaired) electrons. The first kappa shape index (κ1) is 20.0. The Balaban J connectivity index is 3.17. The largest absolute Gasteiger partial charge is 0.543 e. The molecule has 1 aromatic carbocycles. The highest BCUT2D eigenvalue weighted by molar-refractivity contribution is 6.78. The normalized spacial score (nSPS) is 13.9. The minimum Gasteiger partial charge on any atom is -0.543 e. The lowest BCUT2D eigenvalue weighted by molar-refractivity contribution is 0.236. The smallest absolute Gasteiger partial charge is 0.258 e. The maximum Gasteiger partial charge on any atom is 0.258 e. The molecule has 0 bridgehead atoms. The second-order valence-corrected chi connectivity index (χ2v) is 13.1. The molecule has 0 saturated carbocycles. The molecule has 0 aliphatic heterocycles. The number of phenols is 1. The number of hydrogen-bond acceptors (Lipinski definition) is 3. The zero-order valence-electron chi connectivity index (χ0n) is 15.8. The number of rotatable bonds is 8. The maximum absolute atomic E-state index is 10.1. The molecule has 0 unspecified atom stereocenters. The van der Waals surface area contributed by atoms with Crippen molar-refractivity contribution in [3.05, 3.63) is 23.8 Å².